The van der Waals surface area contributed by atoms with Gasteiger partial charge in [0, 0.05) is 26.0 Å². The van der Waals surface area contributed by atoms with E-state index < -0.39 is 0 Å². The Morgan fingerprint density at radius 3 is 2.72 bits per heavy atom. The first-order chi connectivity index (χ1) is 8.75. The van der Waals surface area contributed by atoms with E-state index in [0.717, 1.165) is 13.0 Å². The van der Waals surface area contributed by atoms with Crippen LogP contribution in [0, 0.1) is 0 Å². The topological polar surface area (TPSA) is 54.5 Å². The van der Waals surface area contributed by atoms with Crippen molar-refractivity contribution in [2.75, 3.05) is 13.6 Å². The molecule has 0 bridgehead atoms. The Balaban J connectivity index is 1.81. The van der Waals surface area contributed by atoms with Crippen molar-refractivity contribution < 1.29 is 0 Å². The summed E-state index contributed by atoms with van der Waals surface area (Å²) in [6.07, 6.45) is 9.60. The van der Waals surface area contributed by atoms with E-state index in [4.69, 9.17) is 5.73 Å². The second-order valence-corrected chi connectivity index (χ2v) is 4.95. The standard InChI is InChI=1S/C14H22N4/c1-18(11-8-12-6-9-16-10-7-12)14(15)17-13-4-2-3-5-13/h6-7,9-10,13H,2-5,8,11H2,1H3,(H2,15,17). The molecule has 4 heteroatoms. The van der Waals surface area contributed by atoms with Crippen LogP contribution in [0.25, 0.3) is 0 Å². The Hall–Kier alpha value is -1.58. The molecule has 0 aliphatic heterocycles. The highest BCUT2D eigenvalue weighted by Crippen LogP contribution is 2.20. The predicted molar refractivity (Wildman–Crippen MR) is 74.4 cm³/mol. The molecule has 2 N–H and O–H groups in total. The summed E-state index contributed by atoms with van der Waals surface area (Å²) in [5, 5.41) is 0. The molecule has 0 amide bonds. The van der Waals surface area contributed by atoms with Crippen LogP contribution >= 0.6 is 0 Å². The van der Waals surface area contributed by atoms with Gasteiger partial charge in [-0.3, -0.25) is 4.98 Å². The molecule has 1 aliphatic rings. The van der Waals surface area contributed by atoms with Gasteiger partial charge in [-0.1, -0.05) is 12.8 Å². The molecule has 0 saturated heterocycles. The molecular formula is C14H22N4. The van der Waals surface area contributed by atoms with Gasteiger partial charge in [0.1, 0.15) is 0 Å². The van der Waals surface area contributed by atoms with Gasteiger partial charge in [-0.05, 0) is 37.0 Å². The zero-order valence-electron chi connectivity index (χ0n) is 11.0. The van der Waals surface area contributed by atoms with Crippen LogP contribution in [0.2, 0.25) is 0 Å². The van der Waals surface area contributed by atoms with Crippen molar-refractivity contribution in [1.29, 1.82) is 0 Å². The minimum atomic E-state index is 0.452. The molecule has 18 heavy (non-hydrogen) atoms. The van der Waals surface area contributed by atoms with E-state index in [2.05, 4.69) is 9.98 Å². The first-order valence-electron chi connectivity index (χ1n) is 6.69. The minimum Gasteiger partial charge on any atom is -0.370 e. The number of aliphatic imine (C=N–C) groups is 1. The quantitative estimate of drug-likeness (QED) is 0.651. The number of aromatic nitrogens is 1. The van der Waals surface area contributed by atoms with Gasteiger partial charge in [0.2, 0.25) is 0 Å². The van der Waals surface area contributed by atoms with Gasteiger partial charge in [-0.15, -0.1) is 0 Å². The second-order valence-electron chi connectivity index (χ2n) is 4.95. The molecule has 0 unspecified atom stereocenters. The maximum Gasteiger partial charge on any atom is 0.191 e. The zero-order chi connectivity index (χ0) is 12.8. The molecule has 0 radical (unpaired) electrons. The summed E-state index contributed by atoms with van der Waals surface area (Å²) in [7, 11) is 2.01. The van der Waals surface area contributed by atoms with Gasteiger partial charge in [0.05, 0.1) is 6.04 Å². The van der Waals surface area contributed by atoms with Crippen molar-refractivity contribution in [3.05, 3.63) is 30.1 Å². The van der Waals surface area contributed by atoms with Crippen molar-refractivity contribution in [2.45, 2.75) is 38.1 Å². The Bertz CT molecular complexity index is 382. The number of guanidine groups is 1. The Morgan fingerprint density at radius 2 is 2.06 bits per heavy atom. The molecule has 1 saturated carbocycles. The van der Waals surface area contributed by atoms with E-state index in [1.807, 2.05) is 36.5 Å². The van der Waals surface area contributed by atoms with Gasteiger partial charge in [-0.2, -0.15) is 0 Å². The third-order valence-electron chi connectivity index (χ3n) is 3.52. The lowest BCUT2D eigenvalue weighted by atomic mass is 10.2. The van der Waals surface area contributed by atoms with Crippen LogP contribution in [0.1, 0.15) is 31.2 Å². The Kier molecular flexibility index (Phi) is 4.56. The average Bonchev–Trinajstić information content (AvgIpc) is 2.90. The summed E-state index contributed by atoms with van der Waals surface area (Å²) in [5.74, 6) is 0.677. The molecule has 1 aromatic heterocycles. The number of likely N-dealkylation sites (N-methyl/N-ethyl adjacent to an activating group) is 1. The number of hydrogen-bond acceptors (Lipinski definition) is 2. The lowest BCUT2D eigenvalue weighted by Gasteiger charge is -2.19. The number of nitrogens with two attached hydrogens (primary N) is 1. The summed E-state index contributed by atoms with van der Waals surface area (Å²) >= 11 is 0. The van der Waals surface area contributed by atoms with Gasteiger partial charge in [0.25, 0.3) is 0 Å². The minimum absolute atomic E-state index is 0.452. The van der Waals surface area contributed by atoms with E-state index in [-0.39, 0.29) is 0 Å². The van der Waals surface area contributed by atoms with Crippen LogP contribution < -0.4 is 5.73 Å². The highest BCUT2D eigenvalue weighted by atomic mass is 15.2. The fourth-order valence-electron chi connectivity index (χ4n) is 2.28. The van der Waals surface area contributed by atoms with Crippen molar-refractivity contribution in [2.24, 2.45) is 10.7 Å². The molecule has 1 aliphatic carbocycles. The molecule has 1 aromatic rings. The Labute approximate surface area is 109 Å². The van der Waals surface area contributed by atoms with Crippen LogP contribution in [-0.4, -0.2) is 35.5 Å². The van der Waals surface area contributed by atoms with Crippen molar-refractivity contribution >= 4 is 5.96 Å². The lowest BCUT2D eigenvalue weighted by Crippen LogP contribution is -2.36. The first kappa shape index (κ1) is 12.9. The maximum atomic E-state index is 6.02. The van der Waals surface area contributed by atoms with Crippen LogP contribution in [0.5, 0.6) is 0 Å². The molecule has 4 nitrogen and oxygen atoms in total. The van der Waals surface area contributed by atoms with E-state index >= 15 is 0 Å². The third kappa shape index (κ3) is 3.72. The molecule has 0 aromatic carbocycles. The summed E-state index contributed by atoms with van der Waals surface area (Å²) in [6, 6.07) is 4.53. The number of rotatable bonds is 4. The fourth-order valence-corrected chi connectivity index (χ4v) is 2.28. The summed E-state index contributed by atoms with van der Waals surface area (Å²) in [5.41, 5.74) is 7.31. The molecule has 98 valence electrons. The van der Waals surface area contributed by atoms with Crippen molar-refractivity contribution in [3.8, 4) is 0 Å². The second kappa shape index (κ2) is 6.38. The van der Waals surface area contributed by atoms with Crippen LogP contribution in [0.3, 0.4) is 0 Å². The lowest BCUT2D eigenvalue weighted by molar-refractivity contribution is 0.494. The van der Waals surface area contributed by atoms with Crippen molar-refractivity contribution in [1.82, 2.24) is 9.88 Å². The van der Waals surface area contributed by atoms with E-state index in [0.29, 0.717) is 12.0 Å². The molecule has 1 fully saturated rings. The fraction of sp³-hybridized carbons (Fsp3) is 0.571. The van der Waals surface area contributed by atoms with Crippen LogP contribution in [0.4, 0.5) is 0 Å². The summed E-state index contributed by atoms with van der Waals surface area (Å²) in [6.45, 7) is 0.895. The number of pyridine rings is 1. The van der Waals surface area contributed by atoms with Gasteiger partial charge in [-0.25, -0.2) is 4.99 Å². The molecular weight excluding hydrogens is 224 g/mol. The normalized spacial score (nSPS) is 17.1. The number of hydrogen-bond donors (Lipinski definition) is 1. The summed E-state index contributed by atoms with van der Waals surface area (Å²) < 4.78 is 0. The highest BCUT2D eigenvalue weighted by Gasteiger charge is 2.14. The van der Waals surface area contributed by atoms with Crippen molar-refractivity contribution in [3.63, 3.8) is 0 Å². The smallest absolute Gasteiger partial charge is 0.191 e. The monoisotopic (exact) mass is 246 g/mol. The highest BCUT2D eigenvalue weighted by molar-refractivity contribution is 5.78. The van der Waals surface area contributed by atoms with Crippen LogP contribution in [0.15, 0.2) is 29.5 Å². The van der Waals surface area contributed by atoms with Gasteiger partial charge >= 0.3 is 0 Å². The van der Waals surface area contributed by atoms with Crippen LogP contribution in [-0.2, 0) is 6.42 Å². The van der Waals surface area contributed by atoms with Gasteiger partial charge < -0.3 is 10.6 Å². The average molecular weight is 246 g/mol. The van der Waals surface area contributed by atoms with E-state index in [1.54, 1.807) is 0 Å². The predicted octanol–water partition coefficient (Wildman–Crippen LogP) is 1.81. The SMILES string of the molecule is CN(CCc1ccncc1)C(N)=NC1CCCC1. The molecule has 2 rings (SSSR count). The first-order valence-corrected chi connectivity index (χ1v) is 6.69. The molecule has 0 atom stereocenters. The van der Waals surface area contributed by atoms with Gasteiger partial charge in [0.15, 0.2) is 5.96 Å². The Morgan fingerprint density at radius 1 is 1.39 bits per heavy atom. The largest absolute Gasteiger partial charge is 0.370 e. The third-order valence-corrected chi connectivity index (χ3v) is 3.52. The molecule has 0 spiro atoms. The summed E-state index contributed by atoms with van der Waals surface area (Å²) in [4.78, 5) is 10.7. The van der Waals surface area contributed by atoms with E-state index in [1.165, 1.54) is 31.2 Å². The number of nitrogens with zero attached hydrogens (tertiary/aromatic N) is 3. The van der Waals surface area contributed by atoms with E-state index in [9.17, 15) is 0 Å². The maximum absolute atomic E-state index is 6.02. The zero-order valence-corrected chi connectivity index (χ0v) is 11.0. The molecule has 1 heterocycles.